The maximum atomic E-state index is 12.0. The highest BCUT2D eigenvalue weighted by Crippen LogP contribution is 2.25. The van der Waals surface area contributed by atoms with Gasteiger partial charge in [0.25, 0.3) is 0 Å². The van der Waals surface area contributed by atoms with Gasteiger partial charge in [0, 0.05) is 37.4 Å². The average molecular weight is 381 g/mol. The first-order valence-corrected chi connectivity index (χ1v) is 9.37. The molecule has 0 saturated carbocycles. The van der Waals surface area contributed by atoms with Crippen molar-refractivity contribution in [1.29, 1.82) is 0 Å². The summed E-state index contributed by atoms with van der Waals surface area (Å²) in [6.07, 6.45) is 2.70. The number of aromatic nitrogens is 1. The lowest BCUT2D eigenvalue weighted by Crippen LogP contribution is -2.46. The molecule has 0 aliphatic carbocycles. The monoisotopic (exact) mass is 380 g/mol. The van der Waals surface area contributed by atoms with Gasteiger partial charge in [-0.25, -0.2) is 9.98 Å². The summed E-state index contributed by atoms with van der Waals surface area (Å²) < 4.78 is 0. The minimum atomic E-state index is -0.258. The molecule has 3 N–H and O–H groups in total. The molecule has 1 unspecified atom stereocenters. The Morgan fingerprint density at radius 3 is 2.88 bits per heavy atom. The average Bonchev–Trinajstić information content (AvgIpc) is 3.00. The van der Waals surface area contributed by atoms with E-state index in [0.717, 1.165) is 31.9 Å². The molecule has 26 heavy (non-hydrogen) atoms. The van der Waals surface area contributed by atoms with E-state index in [-0.39, 0.29) is 24.0 Å². The minimum absolute atomic E-state index is 0.0924. The molecule has 2 heterocycles. The molecule has 0 bridgehead atoms. The normalized spacial score (nSPS) is 18.0. The smallest absolute Gasteiger partial charge is 0.242 e. The van der Waals surface area contributed by atoms with E-state index in [1.54, 1.807) is 6.20 Å². The molecule has 2 rings (SSSR count). The van der Waals surface area contributed by atoms with Gasteiger partial charge in [-0.1, -0.05) is 11.6 Å². The first-order chi connectivity index (χ1) is 12.3. The third kappa shape index (κ3) is 6.37. The minimum Gasteiger partial charge on any atom is -0.357 e. The number of nitrogens with one attached hydrogen (secondary N) is 3. The van der Waals surface area contributed by atoms with Crippen molar-refractivity contribution >= 4 is 29.3 Å². The van der Waals surface area contributed by atoms with Crippen LogP contribution in [0.4, 0.5) is 5.82 Å². The predicted octanol–water partition coefficient (Wildman–Crippen LogP) is 1.78. The summed E-state index contributed by atoms with van der Waals surface area (Å²) in [5.41, 5.74) is -0.258. The molecule has 7 nitrogen and oxygen atoms in total. The standard InChI is InChI=1S/C18H29ClN6O/c1-5-20-17(22-11-15(26)24-18(2,3)4)23-13-8-10-25(12-13)16-14(19)7-6-9-21-16/h6-7,9,13H,5,8,10-12H2,1-4H3,(H,24,26)(H2,20,22,23). The molecule has 1 aromatic rings. The third-order valence-corrected chi connectivity index (χ3v) is 4.10. The van der Waals surface area contributed by atoms with Gasteiger partial charge in [-0.3, -0.25) is 4.79 Å². The van der Waals surface area contributed by atoms with Crippen LogP contribution in [0.2, 0.25) is 5.02 Å². The molecule has 0 spiro atoms. The summed E-state index contributed by atoms with van der Waals surface area (Å²) in [6, 6.07) is 3.90. The first-order valence-electron chi connectivity index (χ1n) is 9.00. The molecule has 0 radical (unpaired) electrons. The Balaban J connectivity index is 1.92. The number of halogens is 1. The van der Waals surface area contributed by atoms with Crippen molar-refractivity contribution < 1.29 is 4.79 Å². The zero-order chi connectivity index (χ0) is 19.2. The fourth-order valence-corrected chi connectivity index (χ4v) is 3.04. The molecule has 1 atom stereocenters. The predicted molar refractivity (Wildman–Crippen MR) is 107 cm³/mol. The van der Waals surface area contributed by atoms with Crippen LogP contribution in [0.1, 0.15) is 34.1 Å². The van der Waals surface area contributed by atoms with Crippen LogP contribution in [-0.2, 0) is 4.79 Å². The van der Waals surface area contributed by atoms with E-state index in [2.05, 4.69) is 30.8 Å². The van der Waals surface area contributed by atoms with Crippen LogP contribution in [0, 0.1) is 0 Å². The van der Waals surface area contributed by atoms with E-state index >= 15 is 0 Å². The number of guanidine groups is 1. The second-order valence-electron chi connectivity index (χ2n) is 7.38. The number of hydrogen-bond acceptors (Lipinski definition) is 4. The Hall–Kier alpha value is -2.02. The van der Waals surface area contributed by atoms with E-state index in [0.29, 0.717) is 11.0 Å². The van der Waals surface area contributed by atoms with Crippen molar-refractivity contribution in [1.82, 2.24) is 20.9 Å². The van der Waals surface area contributed by atoms with Gasteiger partial charge in [0.2, 0.25) is 5.91 Å². The molecular formula is C18H29ClN6O. The third-order valence-electron chi connectivity index (χ3n) is 3.81. The number of pyridine rings is 1. The van der Waals surface area contributed by atoms with Crippen molar-refractivity contribution in [3.63, 3.8) is 0 Å². The molecule has 0 aromatic carbocycles. The van der Waals surface area contributed by atoms with E-state index < -0.39 is 0 Å². The summed E-state index contributed by atoms with van der Waals surface area (Å²) >= 11 is 6.24. The Morgan fingerprint density at radius 1 is 1.46 bits per heavy atom. The SMILES string of the molecule is CCNC(=NCC(=O)NC(C)(C)C)NC1CCN(c2ncccc2Cl)C1. The largest absolute Gasteiger partial charge is 0.357 e. The summed E-state index contributed by atoms with van der Waals surface area (Å²) in [7, 11) is 0. The van der Waals surface area contributed by atoms with Gasteiger partial charge in [-0.2, -0.15) is 0 Å². The van der Waals surface area contributed by atoms with E-state index in [4.69, 9.17) is 11.6 Å². The summed E-state index contributed by atoms with van der Waals surface area (Å²) in [4.78, 5) is 22.9. The van der Waals surface area contributed by atoms with Crippen LogP contribution < -0.4 is 20.9 Å². The lowest BCUT2D eigenvalue weighted by Gasteiger charge is -2.21. The fourth-order valence-electron chi connectivity index (χ4n) is 2.80. The van der Waals surface area contributed by atoms with Crippen LogP contribution >= 0.6 is 11.6 Å². The number of nitrogens with zero attached hydrogens (tertiary/aromatic N) is 3. The van der Waals surface area contributed by atoms with Crippen molar-refractivity contribution in [2.45, 2.75) is 45.7 Å². The van der Waals surface area contributed by atoms with Crippen molar-refractivity contribution in [2.24, 2.45) is 4.99 Å². The van der Waals surface area contributed by atoms with Crippen LogP contribution in [0.5, 0.6) is 0 Å². The molecule has 1 amide bonds. The van der Waals surface area contributed by atoms with Gasteiger partial charge >= 0.3 is 0 Å². The Morgan fingerprint density at radius 2 is 2.23 bits per heavy atom. The highest BCUT2D eigenvalue weighted by molar-refractivity contribution is 6.32. The quantitative estimate of drug-likeness (QED) is 0.536. The van der Waals surface area contributed by atoms with Gasteiger partial charge in [-0.15, -0.1) is 0 Å². The maximum absolute atomic E-state index is 12.0. The zero-order valence-electron chi connectivity index (χ0n) is 16.0. The van der Waals surface area contributed by atoms with E-state index in [9.17, 15) is 4.79 Å². The number of aliphatic imine (C=N–C) groups is 1. The van der Waals surface area contributed by atoms with Gasteiger partial charge in [0.05, 0.1) is 5.02 Å². The number of carbonyl (C=O) groups excluding carboxylic acids is 1. The molecule has 1 aliphatic heterocycles. The van der Waals surface area contributed by atoms with Gasteiger partial charge in [0.1, 0.15) is 12.4 Å². The zero-order valence-corrected chi connectivity index (χ0v) is 16.7. The Bertz CT molecular complexity index is 643. The van der Waals surface area contributed by atoms with Crippen LogP contribution in [-0.4, -0.2) is 54.6 Å². The number of carbonyl (C=O) groups is 1. The van der Waals surface area contributed by atoms with Gasteiger partial charge < -0.3 is 20.9 Å². The van der Waals surface area contributed by atoms with E-state index in [1.807, 2.05) is 39.8 Å². The highest BCUT2D eigenvalue weighted by atomic mass is 35.5. The molecule has 8 heteroatoms. The highest BCUT2D eigenvalue weighted by Gasteiger charge is 2.25. The molecule has 1 saturated heterocycles. The molecule has 1 fully saturated rings. The first kappa shape index (κ1) is 20.3. The number of hydrogen-bond donors (Lipinski definition) is 3. The Labute approximate surface area is 160 Å². The number of rotatable bonds is 5. The number of anilines is 1. The molecular weight excluding hydrogens is 352 g/mol. The second kappa shape index (κ2) is 9.07. The topological polar surface area (TPSA) is 81.6 Å². The fraction of sp³-hybridized carbons (Fsp3) is 0.611. The lowest BCUT2D eigenvalue weighted by atomic mass is 10.1. The summed E-state index contributed by atoms with van der Waals surface area (Å²) in [6.45, 7) is 10.3. The number of amides is 1. The van der Waals surface area contributed by atoms with E-state index in [1.165, 1.54) is 0 Å². The maximum Gasteiger partial charge on any atom is 0.242 e. The van der Waals surface area contributed by atoms with Crippen LogP contribution in [0.3, 0.4) is 0 Å². The van der Waals surface area contributed by atoms with Gasteiger partial charge in [-0.05, 0) is 46.2 Å². The lowest BCUT2D eigenvalue weighted by molar-refractivity contribution is -0.121. The summed E-state index contributed by atoms with van der Waals surface area (Å²) in [5.74, 6) is 1.36. The van der Waals surface area contributed by atoms with Crippen molar-refractivity contribution in [2.75, 3.05) is 31.1 Å². The second-order valence-corrected chi connectivity index (χ2v) is 7.79. The molecule has 144 valence electrons. The Kier molecular flexibility index (Phi) is 7.08. The molecule has 1 aliphatic rings. The van der Waals surface area contributed by atoms with Crippen molar-refractivity contribution in [3.05, 3.63) is 23.4 Å². The molecule has 1 aromatic heterocycles. The van der Waals surface area contributed by atoms with Gasteiger partial charge in [0.15, 0.2) is 5.96 Å². The summed E-state index contributed by atoms with van der Waals surface area (Å²) in [5, 5.41) is 10.2. The van der Waals surface area contributed by atoms with Crippen LogP contribution in [0.15, 0.2) is 23.3 Å². The van der Waals surface area contributed by atoms with Crippen molar-refractivity contribution in [3.8, 4) is 0 Å². The van der Waals surface area contributed by atoms with Crippen LogP contribution in [0.25, 0.3) is 0 Å².